The fourth-order valence-corrected chi connectivity index (χ4v) is 13.0. The van der Waals surface area contributed by atoms with E-state index in [4.69, 9.17) is 28.4 Å². The molecule has 19 heteroatoms. The number of unbranched alkanes of at least 4 members (excludes halogenated alkanes) is 40. The Labute approximate surface area is 568 Å². The molecule has 0 spiro atoms. The summed E-state index contributed by atoms with van der Waals surface area (Å²) in [5, 5.41) is 121. The Bertz CT molecular complexity index is 1840. The van der Waals surface area contributed by atoms with Crippen LogP contribution < -0.4 is 5.32 Å². The van der Waals surface area contributed by atoms with Crippen molar-refractivity contribution in [1.29, 1.82) is 0 Å². The Morgan fingerprint density at radius 3 is 1.09 bits per heavy atom. The third-order valence-corrected chi connectivity index (χ3v) is 19.2. The van der Waals surface area contributed by atoms with E-state index in [0.29, 0.717) is 6.42 Å². The van der Waals surface area contributed by atoms with Crippen LogP contribution in [0.2, 0.25) is 0 Å². The van der Waals surface area contributed by atoms with Gasteiger partial charge in [-0.05, 0) is 51.4 Å². The van der Waals surface area contributed by atoms with Crippen LogP contribution in [0.25, 0.3) is 0 Å². The molecule has 0 saturated carbocycles. The lowest BCUT2D eigenvalue weighted by Gasteiger charge is -2.48. The number of hydrogen-bond acceptors (Lipinski definition) is 18. The molecule has 3 aliphatic rings. The maximum atomic E-state index is 13.4. The number of amides is 1. The minimum absolute atomic E-state index is 0.239. The number of hydrogen-bond donors (Lipinski definition) is 12. The van der Waals surface area contributed by atoms with Crippen LogP contribution in [0.4, 0.5) is 0 Å². The van der Waals surface area contributed by atoms with Gasteiger partial charge >= 0.3 is 0 Å². The van der Waals surface area contributed by atoms with Crippen molar-refractivity contribution in [2.75, 3.05) is 26.4 Å². The first-order chi connectivity index (χ1) is 45.8. The molecule has 19 nitrogen and oxygen atoms in total. The van der Waals surface area contributed by atoms with Gasteiger partial charge in [-0.25, -0.2) is 0 Å². The predicted molar refractivity (Wildman–Crippen MR) is 369 cm³/mol. The van der Waals surface area contributed by atoms with Crippen LogP contribution >= 0.6 is 0 Å². The fourth-order valence-electron chi connectivity index (χ4n) is 13.0. The molecule has 3 aliphatic heterocycles. The lowest BCUT2D eigenvalue weighted by atomic mass is 9.96. The molecule has 0 bridgehead atoms. The van der Waals surface area contributed by atoms with Gasteiger partial charge in [0.25, 0.3) is 0 Å². The molecular formula is C75H139NO18. The van der Waals surface area contributed by atoms with Gasteiger partial charge in [0.1, 0.15) is 73.2 Å². The first-order valence-electron chi connectivity index (χ1n) is 38.2. The van der Waals surface area contributed by atoms with Crippen molar-refractivity contribution in [3.05, 3.63) is 36.5 Å². The number of ether oxygens (including phenoxy) is 6. The summed E-state index contributed by atoms with van der Waals surface area (Å²) in [5.74, 6) is -0.276. The summed E-state index contributed by atoms with van der Waals surface area (Å²) in [7, 11) is 0. The summed E-state index contributed by atoms with van der Waals surface area (Å²) in [6, 6.07) is -0.977. The van der Waals surface area contributed by atoms with Crippen molar-refractivity contribution in [1.82, 2.24) is 5.32 Å². The van der Waals surface area contributed by atoms with Crippen LogP contribution in [0, 0.1) is 0 Å². The largest absolute Gasteiger partial charge is 0.394 e. The number of carbonyl (C=O) groups excluding carboxylic acids is 1. The second-order valence-electron chi connectivity index (χ2n) is 27.5. The predicted octanol–water partition coefficient (Wildman–Crippen LogP) is 11.6. The maximum absolute atomic E-state index is 13.4. The van der Waals surface area contributed by atoms with Gasteiger partial charge in [0.2, 0.25) is 5.91 Å². The second kappa shape index (κ2) is 56.7. The van der Waals surface area contributed by atoms with Gasteiger partial charge in [0.05, 0.1) is 38.6 Å². The van der Waals surface area contributed by atoms with Gasteiger partial charge in [-0.15, -0.1) is 0 Å². The van der Waals surface area contributed by atoms with Crippen LogP contribution in [0.5, 0.6) is 0 Å². The lowest BCUT2D eigenvalue weighted by Crippen LogP contribution is -2.66. The molecule has 3 rings (SSSR count). The minimum Gasteiger partial charge on any atom is -0.394 e. The Balaban J connectivity index is 1.40. The van der Waals surface area contributed by atoms with E-state index in [1.165, 1.54) is 212 Å². The van der Waals surface area contributed by atoms with Crippen molar-refractivity contribution in [2.24, 2.45) is 0 Å². The molecule has 0 aromatic rings. The van der Waals surface area contributed by atoms with Crippen molar-refractivity contribution in [3.8, 4) is 0 Å². The average molecular weight is 1340 g/mol. The monoisotopic (exact) mass is 1340 g/mol. The van der Waals surface area contributed by atoms with E-state index in [1.54, 1.807) is 6.08 Å². The van der Waals surface area contributed by atoms with Crippen molar-refractivity contribution in [2.45, 2.75) is 407 Å². The number of allylic oxidation sites excluding steroid dienone is 5. The molecule has 3 fully saturated rings. The summed E-state index contributed by atoms with van der Waals surface area (Å²) in [6.45, 7) is 1.76. The Hall–Kier alpha value is -1.99. The molecule has 12 N–H and O–H groups in total. The highest BCUT2D eigenvalue weighted by atomic mass is 16.8. The lowest BCUT2D eigenvalue weighted by molar-refractivity contribution is -0.379. The molecule has 0 aromatic carbocycles. The van der Waals surface area contributed by atoms with E-state index in [9.17, 15) is 61.0 Å². The first kappa shape index (κ1) is 86.2. The normalized spacial score (nSPS) is 27.5. The molecular weight excluding hydrogens is 1200 g/mol. The number of aliphatic hydroxyl groups excluding tert-OH is 11. The van der Waals surface area contributed by atoms with E-state index in [1.807, 2.05) is 6.08 Å². The van der Waals surface area contributed by atoms with Crippen LogP contribution in [0.3, 0.4) is 0 Å². The van der Waals surface area contributed by atoms with Gasteiger partial charge in [0.15, 0.2) is 18.9 Å². The zero-order chi connectivity index (χ0) is 68.2. The summed E-state index contributed by atoms with van der Waals surface area (Å²) >= 11 is 0. The minimum atomic E-state index is -1.98. The number of nitrogens with one attached hydrogen (secondary N) is 1. The topological polar surface area (TPSA) is 307 Å². The van der Waals surface area contributed by atoms with Crippen LogP contribution in [0.15, 0.2) is 36.5 Å². The number of aliphatic hydroxyl groups is 11. The Morgan fingerprint density at radius 1 is 0.383 bits per heavy atom. The van der Waals surface area contributed by atoms with E-state index >= 15 is 0 Å². The molecule has 552 valence electrons. The Kier molecular flexibility index (Phi) is 52.0. The molecule has 0 aromatic heterocycles. The number of rotatable bonds is 60. The van der Waals surface area contributed by atoms with Gasteiger partial charge in [-0.3, -0.25) is 4.79 Å². The van der Waals surface area contributed by atoms with Crippen LogP contribution in [-0.2, 0) is 33.2 Å². The third kappa shape index (κ3) is 37.4. The Morgan fingerprint density at radius 2 is 0.702 bits per heavy atom. The molecule has 3 heterocycles. The molecule has 17 atom stereocenters. The molecule has 1 amide bonds. The number of carbonyl (C=O) groups is 1. The van der Waals surface area contributed by atoms with Crippen molar-refractivity contribution in [3.63, 3.8) is 0 Å². The standard InChI is InChI=1S/C75H139NO18/c1-3-5-7-9-11-13-15-17-19-21-23-25-26-27-28-29-30-31-33-34-36-38-40-42-44-46-48-50-52-59(80)58(76-63(81)53-51-49-47-45-43-41-39-37-35-32-24-22-20-18-16-14-12-10-8-6-4-2)57-89-73-69(87)66(84)71(61(55-78)91-73)94-75-70(88)67(85)72(62(56-79)92-75)93-74-68(86)65(83)64(82)60(54-77)90-74/h16,18,22,24,50,52,58-62,64-75,77-80,82-88H,3-15,17,19-21,23,25-49,51,53-57H2,1-2H3,(H,76,81)/b18-16-,24-22-,52-50+. The molecule has 3 saturated heterocycles. The zero-order valence-corrected chi connectivity index (χ0v) is 58.7. The summed E-state index contributed by atoms with van der Waals surface area (Å²) in [6.07, 6.45) is 41.2. The van der Waals surface area contributed by atoms with Crippen LogP contribution in [0.1, 0.15) is 303 Å². The maximum Gasteiger partial charge on any atom is 0.220 e. The smallest absolute Gasteiger partial charge is 0.220 e. The van der Waals surface area contributed by atoms with Gasteiger partial charge in [-0.1, -0.05) is 281 Å². The average Bonchev–Trinajstić information content (AvgIpc) is 0.787. The fraction of sp³-hybridized carbons (Fsp3) is 0.907. The highest BCUT2D eigenvalue weighted by molar-refractivity contribution is 5.76. The third-order valence-electron chi connectivity index (χ3n) is 19.2. The van der Waals surface area contributed by atoms with Gasteiger partial charge in [0, 0.05) is 6.42 Å². The van der Waals surface area contributed by atoms with E-state index in [-0.39, 0.29) is 18.9 Å². The first-order valence-corrected chi connectivity index (χ1v) is 38.2. The SMILES string of the molecule is CCCCCCC/C=C\C/C=C\CCCCCCCCCCCC(=O)NC(COC1OC(CO)C(OC2OC(CO)C(OC3OC(CO)C(O)C(O)C3O)C(O)C2O)C(O)C1O)C(O)/C=C/CCCCCCCCCCCCCCCCCCCCCCCCCCCC. The highest BCUT2D eigenvalue weighted by Crippen LogP contribution is 2.33. The molecule has 0 radical (unpaired) electrons. The van der Waals surface area contributed by atoms with E-state index in [2.05, 4.69) is 43.5 Å². The second-order valence-corrected chi connectivity index (χ2v) is 27.5. The summed E-state index contributed by atoms with van der Waals surface area (Å²) < 4.78 is 34.4. The highest BCUT2D eigenvalue weighted by Gasteiger charge is 2.53. The van der Waals surface area contributed by atoms with Crippen LogP contribution in [-0.4, -0.2) is 193 Å². The quantitative estimate of drug-likeness (QED) is 0.0199. The van der Waals surface area contributed by atoms with Crippen molar-refractivity contribution >= 4 is 5.91 Å². The van der Waals surface area contributed by atoms with E-state index < -0.39 is 124 Å². The van der Waals surface area contributed by atoms with Gasteiger partial charge < -0.3 is 89.9 Å². The molecule has 0 aliphatic carbocycles. The van der Waals surface area contributed by atoms with E-state index in [0.717, 1.165) is 64.2 Å². The molecule has 17 unspecified atom stereocenters. The summed E-state index contributed by atoms with van der Waals surface area (Å²) in [4.78, 5) is 13.4. The summed E-state index contributed by atoms with van der Waals surface area (Å²) in [5.41, 5.74) is 0. The molecule has 94 heavy (non-hydrogen) atoms. The van der Waals surface area contributed by atoms with Gasteiger partial charge in [-0.2, -0.15) is 0 Å². The zero-order valence-electron chi connectivity index (χ0n) is 58.7. The van der Waals surface area contributed by atoms with Crippen molar-refractivity contribution < 1.29 is 89.4 Å².